The number of nitrogens with two attached hydrogens (primary N) is 2. The standard InChI is InChI=1S/C20H22N8O5S2/c1-2-33-25-12(15-24-20(22)35-26-15)16(29)23-13-17(30)28-14(19(31)32)11(9-34-18(13)28)8-27-5-3-10(7-21)4-6-27/h3-6,13,18H,2,7-9,21H2,1H3,(H3-,22,23,24,26,29,31,32)/b25-12-/t13?,18-/m1/s1. The molecular formula is C20H22N8O5S2. The van der Waals surface area contributed by atoms with Crippen LogP contribution >= 0.6 is 23.3 Å². The van der Waals surface area contributed by atoms with Crippen LogP contribution in [0, 0.1) is 0 Å². The van der Waals surface area contributed by atoms with Gasteiger partial charge in [-0.25, -0.2) is 4.57 Å². The summed E-state index contributed by atoms with van der Waals surface area (Å²) in [5.41, 5.74) is 12.3. The Bertz CT molecular complexity index is 1210. The summed E-state index contributed by atoms with van der Waals surface area (Å²) in [6.45, 7) is 2.53. The van der Waals surface area contributed by atoms with Crippen molar-refractivity contribution in [3.63, 3.8) is 0 Å². The van der Waals surface area contributed by atoms with Crippen molar-refractivity contribution in [1.82, 2.24) is 19.6 Å². The number of thioether (sulfide) groups is 1. The van der Waals surface area contributed by atoms with Crippen LogP contribution in [-0.4, -0.2) is 61.5 Å². The molecule has 1 saturated heterocycles. The first-order valence-corrected chi connectivity index (χ1v) is 12.3. The van der Waals surface area contributed by atoms with E-state index in [9.17, 15) is 19.5 Å². The normalized spacial score (nSPS) is 19.8. The van der Waals surface area contributed by atoms with Crippen LogP contribution in [0.25, 0.3) is 0 Å². The fourth-order valence-corrected chi connectivity index (χ4v) is 5.37. The molecule has 2 amide bonds. The van der Waals surface area contributed by atoms with Crippen LogP contribution < -0.4 is 26.5 Å². The lowest BCUT2D eigenvalue weighted by Crippen LogP contribution is -2.71. The number of pyridine rings is 1. The predicted octanol–water partition coefficient (Wildman–Crippen LogP) is -2.29. The van der Waals surface area contributed by atoms with Gasteiger partial charge in [-0.15, -0.1) is 11.8 Å². The molecule has 184 valence electrons. The minimum Gasteiger partial charge on any atom is -0.543 e. The van der Waals surface area contributed by atoms with Crippen molar-refractivity contribution in [1.29, 1.82) is 0 Å². The van der Waals surface area contributed by atoms with Gasteiger partial charge in [-0.3, -0.25) is 14.5 Å². The van der Waals surface area contributed by atoms with Crippen molar-refractivity contribution in [2.24, 2.45) is 10.9 Å². The van der Waals surface area contributed by atoms with Gasteiger partial charge in [-0.05, 0) is 12.5 Å². The number of nitrogens with zero attached hydrogens (tertiary/aromatic N) is 5. The first-order chi connectivity index (χ1) is 16.8. The first kappa shape index (κ1) is 24.6. The fraction of sp³-hybridized carbons (Fsp3) is 0.350. The van der Waals surface area contributed by atoms with E-state index < -0.39 is 29.2 Å². The van der Waals surface area contributed by atoms with Crippen LogP contribution in [0.15, 0.2) is 41.0 Å². The smallest absolute Gasteiger partial charge is 0.278 e. The Morgan fingerprint density at radius 3 is 2.74 bits per heavy atom. The molecule has 0 aliphatic carbocycles. The highest BCUT2D eigenvalue weighted by Gasteiger charge is 2.53. The number of carbonyl (C=O) groups is 3. The Labute approximate surface area is 208 Å². The first-order valence-electron chi connectivity index (χ1n) is 10.5. The number of nitrogen functional groups attached to an aromatic ring is 1. The molecule has 0 saturated carbocycles. The van der Waals surface area contributed by atoms with Crippen LogP contribution in [0.5, 0.6) is 0 Å². The summed E-state index contributed by atoms with van der Waals surface area (Å²) in [6.07, 6.45) is 3.58. The van der Waals surface area contributed by atoms with E-state index in [1.165, 1.54) is 11.8 Å². The third-order valence-electron chi connectivity index (χ3n) is 5.25. The van der Waals surface area contributed by atoms with Gasteiger partial charge >= 0.3 is 0 Å². The van der Waals surface area contributed by atoms with Crippen LogP contribution in [0.2, 0.25) is 0 Å². The van der Waals surface area contributed by atoms with Crippen LogP contribution in [0.1, 0.15) is 18.3 Å². The molecule has 1 fully saturated rings. The minimum absolute atomic E-state index is 0.0336. The molecule has 0 bridgehead atoms. The Kier molecular flexibility index (Phi) is 7.28. The zero-order chi connectivity index (χ0) is 25.1. The third kappa shape index (κ3) is 4.96. The van der Waals surface area contributed by atoms with E-state index in [0.29, 0.717) is 17.9 Å². The zero-order valence-corrected chi connectivity index (χ0v) is 20.2. The van der Waals surface area contributed by atoms with E-state index in [1.54, 1.807) is 23.9 Å². The number of carbonyl (C=O) groups excluding carboxylic acids is 3. The fourth-order valence-electron chi connectivity index (χ4n) is 3.60. The summed E-state index contributed by atoms with van der Waals surface area (Å²) in [4.78, 5) is 47.9. The molecule has 4 heterocycles. The largest absolute Gasteiger partial charge is 0.543 e. The molecule has 15 heteroatoms. The lowest BCUT2D eigenvalue weighted by atomic mass is 10.0. The molecule has 0 spiro atoms. The maximum absolute atomic E-state index is 12.9. The van der Waals surface area contributed by atoms with Gasteiger partial charge in [0.1, 0.15) is 18.0 Å². The van der Waals surface area contributed by atoms with Crippen molar-refractivity contribution < 1.29 is 28.9 Å². The number of β-lactam (4-membered cyclic amide) rings is 1. The summed E-state index contributed by atoms with van der Waals surface area (Å²) >= 11 is 2.22. The molecule has 0 radical (unpaired) electrons. The summed E-state index contributed by atoms with van der Waals surface area (Å²) < 4.78 is 5.76. The Hall–Kier alpha value is -3.56. The summed E-state index contributed by atoms with van der Waals surface area (Å²) in [5.74, 6) is -2.47. The van der Waals surface area contributed by atoms with Gasteiger partial charge in [-0.2, -0.15) is 9.36 Å². The molecule has 35 heavy (non-hydrogen) atoms. The molecule has 2 atom stereocenters. The number of hydrogen-bond acceptors (Lipinski definition) is 12. The number of carboxylic acids is 1. The summed E-state index contributed by atoms with van der Waals surface area (Å²) in [6, 6.07) is 2.71. The molecule has 2 aliphatic rings. The van der Waals surface area contributed by atoms with Crippen molar-refractivity contribution in [3.8, 4) is 0 Å². The van der Waals surface area contributed by atoms with E-state index in [4.69, 9.17) is 16.3 Å². The lowest BCUT2D eigenvalue weighted by molar-refractivity contribution is -0.689. The van der Waals surface area contributed by atoms with E-state index in [2.05, 4.69) is 19.8 Å². The van der Waals surface area contributed by atoms with Gasteiger partial charge < -0.3 is 31.5 Å². The van der Waals surface area contributed by atoms with E-state index in [0.717, 1.165) is 22.0 Å². The average Bonchev–Trinajstić information content (AvgIpc) is 3.28. The quantitative estimate of drug-likeness (QED) is 0.141. The molecule has 2 aromatic heterocycles. The Morgan fingerprint density at radius 1 is 1.40 bits per heavy atom. The molecule has 5 N–H and O–H groups in total. The van der Waals surface area contributed by atoms with Gasteiger partial charge in [0, 0.05) is 41.5 Å². The molecular weight excluding hydrogens is 496 g/mol. The summed E-state index contributed by atoms with van der Waals surface area (Å²) in [5, 5.41) is 17.8. The topological polar surface area (TPSA) is 193 Å². The molecule has 2 aliphatic heterocycles. The minimum atomic E-state index is -1.46. The molecule has 1 unspecified atom stereocenters. The number of hydrogen-bond donors (Lipinski definition) is 3. The number of amides is 2. The Morgan fingerprint density at radius 2 is 2.14 bits per heavy atom. The van der Waals surface area contributed by atoms with Crippen LogP contribution in [0.4, 0.5) is 5.13 Å². The Balaban J connectivity index is 1.52. The molecule has 4 rings (SSSR count). The number of rotatable bonds is 9. The van der Waals surface area contributed by atoms with E-state index in [1.807, 2.05) is 12.1 Å². The second kappa shape index (κ2) is 10.4. The van der Waals surface area contributed by atoms with Gasteiger partial charge in [0.25, 0.3) is 11.8 Å². The maximum atomic E-state index is 12.9. The van der Waals surface area contributed by atoms with Gasteiger partial charge in [-0.1, -0.05) is 5.16 Å². The molecule has 13 nitrogen and oxygen atoms in total. The highest BCUT2D eigenvalue weighted by atomic mass is 32.2. The van der Waals surface area contributed by atoms with Crippen molar-refractivity contribution >= 4 is 51.9 Å². The zero-order valence-electron chi connectivity index (χ0n) is 18.5. The third-order valence-corrected chi connectivity index (χ3v) is 7.13. The second-order valence-corrected chi connectivity index (χ2v) is 9.39. The number of nitrogens with one attached hydrogen (secondary N) is 1. The van der Waals surface area contributed by atoms with Crippen molar-refractivity contribution in [2.45, 2.75) is 31.4 Å². The van der Waals surface area contributed by atoms with Gasteiger partial charge in [0.05, 0.1) is 11.7 Å². The monoisotopic (exact) mass is 518 g/mol. The number of aliphatic carboxylic acids is 1. The van der Waals surface area contributed by atoms with Gasteiger partial charge in [0.2, 0.25) is 11.5 Å². The SMILES string of the molecule is CCO/N=C(\C(=O)NC1C(=O)N2C(C(=O)[O-])=C(C[n+]3ccc(CN)cc3)CS[C@H]12)c1nsc(N)n1. The van der Waals surface area contributed by atoms with Crippen LogP contribution in [0.3, 0.4) is 0 Å². The molecule has 2 aromatic rings. The maximum Gasteiger partial charge on any atom is 0.278 e. The number of aromatic nitrogens is 3. The number of carboxylic acid groups (broad SMARTS) is 1. The van der Waals surface area contributed by atoms with Gasteiger partial charge in [0.15, 0.2) is 24.1 Å². The average molecular weight is 519 g/mol. The second-order valence-electron chi connectivity index (χ2n) is 7.50. The van der Waals surface area contributed by atoms with Crippen LogP contribution in [-0.2, 0) is 32.3 Å². The summed E-state index contributed by atoms with van der Waals surface area (Å²) in [7, 11) is 0. The number of anilines is 1. The predicted molar refractivity (Wildman–Crippen MR) is 124 cm³/mol. The molecule has 0 aromatic carbocycles. The number of fused-ring (bicyclic) bond motifs is 1. The number of oxime groups is 1. The highest BCUT2D eigenvalue weighted by molar-refractivity contribution is 8.00. The van der Waals surface area contributed by atoms with Crippen molar-refractivity contribution in [2.75, 3.05) is 18.1 Å². The van der Waals surface area contributed by atoms with E-state index in [-0.39, 0.29) is 35.5 Å². The lowest BCUT2D eigenvalue weighted by Gasteiger charge is -2.50. The highest BCUT2D eigenvalue weighted by Crippen LogP contribution is 2.40. The van der Waals surface area contributed by atoms with Crippen molar-refractivity contribution in [3.05, 3.63) is 47.2 Å². The van der Waals surface area contributed by atoms with E-state index >= 15 is 0 Å².